The molecule has 1 aromatic heterocycles. The number of ether oxygens (including phenoxy) is 2. The van der Waals surface area contributed by atoms with Gasteiger partial charge < -0.3 is 14.8 Å². The number of methoxy groups -OCH3 is 1. The number of carbonyl (C=O) groups is 1. The molecule has 2 N–H and O–H groups in total. The van der Waals surface area contributed by atoms with E-state index in [1.165, 1.54) is 0 Å². The standard InChI is InChI=1S/C16H16F3N3O3/c1-24-12-4-2-3-10-5-9(8-25-14(10)12)7-20-15(23)11-6-13(22-21-11)16(17,18)19/h2-4,6,9H,5,7-8H2,1H3,(H,20,23)(H,21,22)/t9-/m1/s1. The van der Waals surface area contributed by atoms with E-state index in [2.05, 4.69) is 10.4 Å². The second-order valence-corrected chi connectivity index (χ2v) is 5.70. The molecule has 1 aromatic carbocycles. The molecule has 1 amide bonds. The third-order valence-corrected chi connectivity index (χ3v) is 3.92. The first-order chi connectivity index (χ1) is 11.9. The van der Waals surface area contributed by atoms with Crippen molar-refractivity contribution >= 4 is 5.91 Å². The zero-order valence-corrected chi connectivity index (χ0v) is 13.3. The maximum absolute atomic E-state index is 12.5. The van der Waals surface area contributed by atoms with Crippen LogP contribution >= 0.6 is 0 Å². The van der Waals surface area contributed by atoms with E-state index in [1.807, 2.05) is 17.2 Å². The molecule has 0 aliphatic carbocycles. The van der Waals surface area contributed by atoms with Crippen molar-refractivity contribution in [3.63, 3.8) is 0 Å². The normalized spacial score (nSPS) is 16.7. The molecular formula is C16H16F3N3O3. The van der Waals surface area contributed by atoms with Gasteiger partial charge in [-0.2, -0.15) is 18.3 Å². The molecule has 0 unspecified atom stereocenters. The van der Waals surface area contributed by atoms with Crippen LogP contribution in [0.25, 0.3) is 0 Å². The van der Waals surface area contributed by atoms with Gasteiger partial charge in [-0.3, -0.25) is 9.89 Å². The number of nitrogens with zero attached hydrogens (tertiary/aromatic N) is 1. The van der Waals surface area contributed by atoms with Crippen LogP contribution in [-0.2, 0) is 12.6 Å². The molecule has 1 atom stereocenters. The summed E-state index contributed by atoms with van der Waals surface area (Å²) in [6.45, 7) is 0.645. The van der Waals surface area contributed by atoms with E-state index in [-0.39, 0.29) is 18.2 Å². The van der Waals surface area contributed by atoms with E-state index in [1.54, 1.807) is 13.2 Å². The quantitative estimate of drug-likeness (QED) is 0.883. The first-order valence-corrected chi connectivity index (χ1v) is 7.58. The summed E-state index contributed by atoms with van der Waals surface area (Å²) < 4.78 is 48.5. The summed E-state index contributed by atoms with van der Waals surface area (Å²) in [7, 11) is 1.56. The molecule has 0 fully saturated rings. The molecule has 0 bridgehead atoms. The highest BCUT2D eigenvalue weighted by molar-refractivity contribution is 5.92. The molecule has 2 aromatic rings. The number of halogens is 3. The molecule has 9 heteroatoms. The van der Waals surface area contributed by atoms with Gasteiger partial charge >= 0.3 is 6.18 Å². The number of amides is 1. The van der Waals surface area contributed by atoms with E-state index >= 15 is 0 Å². The fourth-order valence-corrected chi connectivity index (χ4v) is 2.66. The molecule has 0 saturated heterocycles. The molecular weight excluding hydrogens is 339 g/mol. The van der Waals surface area contributed by atoms with Crippen molar-refractivity contribution in [1.82, 2.24) is 15.5 Å². The van der Waals surface area contributed by atoms with E-state index in [4.69, 9.17) is 9.47 Å². The third-order valence-electron chi connectivity index (χ3n) is 3.92. The van der Waals surface area contributed by atoms with Gasteiger partial charge in [0.25, 0.3) is 5.91 Å². The second-order valence-electron chi connectivity index (χ2n) is 5.70. The Kier molecular flexibility index (Phi) is 4.56. The molecule has 3 rings (SSSR count). The number of H-pyrrole nitrogens is 1. The van der Waals surface area contributed by atoms with Gasteiger partial charge in [-0.25, -0.2) is 0 Å². The average Bonchev–Trinajstić information content (AvgIpc) is 3.09. The maximum Gasteiger partial charge on any atom is 0.432 e. The van der Waals surface area contributed by atoms with E-state index in [9.17, 15) is 18.0 Å². The molecule has 25 heavy (non-hydrogen) atoms. The van der Waals surface area contributed by atoms with Gasteiger partial charge in [0.15, 0.2) is 17.2 Å². The minimum Gasteiger partial charge on any atom is -0.493 e. The topological polar surface area (TPSA) is 76.2 Å². The van der Waals surface area contributed by atoms with Crippen molar-refractivity contribution in [3.05, 3.63) is 41.2 Å². The summed E-state index contributed by atoms with van der Waals surface area (Å²) in [5, 5.41) is 7.81. The van der Waals surface area contributed by atoms with Gasteiger partial charge in [-0.15, -0.1) is 0 Å². The Balaban J connectivity index is 1.59. The van der Waals surface area contributed by atoms with Crippen molar-refractivity contribution in [3.8, 4) is 11.5 Å². The van der Waals surface area contributed by atoms with Gasteiger partial charge in [-0.1, -0.05) is 12.1 Å². The predicted molar refractivity (Wildman–Crippen MR) is 81.6 cm³/mol. The van der Waals surface area contributed by atoms with Crippen LogP contribution in [0.1, 0.15) is 21.7 Å². The number of carbonyl (C=O) groups excluding carboxylic acids is 1. The number of aromatic amines is 1. The largest absolute Gasteiger partial charge is 0.493 e. The molecule has 0 spiro atoms. The minimum absolute atomic E-state index is 0.00424. The number of fused-ring (bicyclic) bond motifs is 1. The van der Waals surface area contributed by atoms with Crippen LogP contribution < -0.4 is 14.8 Å². The van der Waals surface area contributed by atoms with Crippen molar-refractivity contribution in [2.24, 2.45) is 5.92 Å². The van der Waals surface area contributed by atoms with Gasteiger partial charge in [0, 0.05) is 18.5 Å². The molecule has 134 valence electrons. The second kappa shape index (κ2) is 6.66. The zero-order chi connectivity index (χ0) is 18.0. The van der Waals surface area contributed by atoms with Gasteiger partial charge in [0.1, 0.15) is 5.69 Å². The van der Waals surface area contributed by atoms with E-state index in [0.717, 1.165) is 5.56 Å². The zero-order valence-electron chi connectivity index (χ0n) is 13.3. The SMILES string of the molecule is COc1cccc2c1OC[C@@H](CNC(=O)c1cc(C(F)(F)F)[nH]n1)C2. The van der Waals surface area contributed by atoms with Crippen LogP contribution in [0.4, 0.5) is 13.2 Å². The number of para-hydroxylation sites is 1. The lowest BCUT2D eigenvalue weighted by molar-refractivity contribution is -0.141. The molecule has 1 aliphatic heterocycles. The first kappa shape index (κ1) is 17.1. The number of rotatable bonds is 4. The predicted octanol–water partition coefficient (Wildman–Crippen LogP) is 2.42. The van der Waals surface area contributed by atoms with Gasteiger partial charge in [0.05, 0.1) is 13.7 Å². The van der Waals surface area contributed by atoms with Crippen LogP contribution in [0.3, 0.4) is 0 Å². The Morgan fingerprint density at radius 3 is 2.96 bits per heavy atom. The molecule has 1 aliphatic rings. The van der Waals surface area contributed by atoms with Crippen LogP contribution in [0, 0.1) is 5.92 Å². The highest BCUT2D eigenvalue weighted by Gasteiger charge is 2.34. The summed E-state index contributed by atoms with van der Waals surface area (Å²) in [5.74, 6) is 0.679. The minimum atomic E-state index is -4.56. The number of aromatic nitrogens is 2. The maximum atomic E-state index is 12.5. The number of hydrogen-bond donors (Lipinski definition) is 2. The summed E-state index contributed by atoms with van der Waals surface area (Å²) in [6, 6.07) is 6.25. The highest BCUT2D eigenvalue weighted by Crippen LogP contribution is 2.35. The highest BCUT2D eigenvalue weighted by atomic mass is 19.4. The fraction of sp³-hybridized carbons (Fsp3) is 0.375. The Morgan fingerprint density at radius 2 is 2.28 bits per heavy atom. The van der Waals surface area contributed by atoms with Crippen molar-refractivity contribution in [2.45, 2.75) is 12.6 Å². The first-order valence-electron chi connectivity index (χ1n) is 7.58. The van der Waals surface area contributed by atoms with Crippen LogP contribution in [0.5, 0.6) is 11.5 Å². The number of alkyl halides is 3. The number of nitrogens with one attached hydrogen (secondary N) is 2. The van der Waals surface area contributed by atoms with Crippen LogP contribution in [-0.4, -0.2) is 36.4 Å². The van der Waals surface area contributed by atoms with Crippen LogP contribution in [0.15, 0.2) is 24.3 Å². The Bertz CT molecular complexity index is 773. The Labute approximate surface area is 141 Å². The van der Waals surface area contributed by atoms with Crippen LogP contribution in [0.2, 0.25) is 0 Å². The lowest BCUT2D eigenvalue weighted by Crippen LogP contribution is -2.35. The molecule has 0 saturated carbocycles. The third kappa shape index (κ3) is 3.70. The monoisotopic (exact) mass is 355 g/mol. The lowest BCUT2D eigenvalue weighted by atomic mass is 9.96. The Morgan fingerprint density at radius 1 is 1.48 bits per heavy atom. The molecule has 6 nitrogen and oxygen atoms in total. The fourth-order valence-electron chi connectivity index (χ4n) is 2.66. The average molecular weight is 355 g/mol. The summed E-state index contributed by atoms with van der Waals surface area (Å²) in [6.07, 6.45) is -3.90. The smallest absolute Gasteiger partial charge is 0.432 e. The van der Waals surface area contributed by atoms with E-state index < -0.39 is 17.8 Å². The molecule has 0 radical (unpaired) electrons. The molecule has 2 heterocycles. The summed E-state index contributed by atoms with van der Waals surface area (Å²) in [4.78, 5) is 12.0. The number of benzene rings is 1. The summed E-state index contributed by atoms with van der Waals surface area (Å²) in [5.41, 5.74) is -0.394. The number of hydrogen-bond acceptors (Lipinski definition) is 4. The van der Waals surface area contributed by atoms with Crippen molar-refractivity contribution in [1.29, 1.82) is 0 Å². The van der Waals surface area contributed by atoms with Gasteiger partial charge in [-0.05, 0) is 18.1 Å². The Hall–Kier alpha value is -2.71. The van der Waals surface area contributed by atoms with E-state index in [0.29, 0.717) is 30.6 Å². The summed E-state index contributed by atoms with van der Waals surface area (Å²) >= 11 is 0. The van der Waals surface area contributed by atoms with Crippen molar-refractivity contribution < 1.29 is 27.4 Å². The van der Waals surface area contributed by atoms with Crippen molar-refractivity contribution in [2.75, 3.05) is 20.3 Å². The van der Waals surface area contributed by atoms with Gasteiger partial charge in [0.2, 0.25) is 0 Å². The lowest BCUT2D eigenvalue weighted by Gasteiger charge is -2.26.